The zero-order valence-corrected chi connectivity index (χ0v) is 18.2. The van der Waals surface area contributed by atoms with Gasteiger partial charge in [-0.2, -0.15) is 4.39 Å². The molecule has 0 spiro atoms. The van der Waals surface area contributed by atoms with Gasteiger partial charge in [0.25, 0.3) is 0 Å². The first-order valence-electron chi connectivity index (χ1n) is 11.2. The SMILES string of the molecule is C/C=C/COc1ccc(-c2ccc(C3CCC(CCCC)CC3)c(F)c2F)c(F)c1F. The van der Waals surface area contributed by atoms with Crippen LogP contribution in [0.2, 0.25) is 0 Å². The van der Waals surface area contributed by atoms with E-state index in [1.807, 2.05) is 0 Å². The third-order valence-corrected chi connectivity index (χ3v) is 6.27. The van der Waals surface area contributed by atoms with Gasteiger partial charge in [0.1, 0.15) is 6.61 Å². The summed E-state index contributed by atoms with van der Waals surface area (Å²) in [6.07, 6.45) is 10.6. The average Bonchev–Trinajstić information content (AvgIpc) is 2.78. The lowest BCUT2D eigenvalue weighted by atomic mass is 9.76. The van der Waals surface area contributed by atoms with E-state index in [9.17, 15) is 17.6 Å². The van der Waals surface area contributed by atoms with Gasteiger partial charge in [0.15, 0.2) is 23.2 Å². The van der Waals surface area contributed by atoms with Gasteiger partial charge in [-0.1, -0.05) is 50.5 Å². The third kappa shape index (κ3) is 5.31. The Morgan fingerprint density at radius 1 is 0.871 bits per heavy atom. The van der Waals surface area contributed by atoms with Gasteiger partial charge < -0.3 is 4.74 Å². The molecule has 2 aromatic rings. The van der Waals surface area contributed by atoms with Crippen molar-refractivity contribution in [2.45, 2.75) is 64.7 Å². The summed E-state index contributed by atoms with van der Waals surface area (Å²) in [6, 6.07) is 5.34. The van der Waals surface area contributed by atoms with Crippen molar-refractivity contribution in [1.29, 1.82) is 0 Å². The monoisotopic (exact) mass is 434 g/mol. The summed E-state index contributed by atoms with van der Waals surface area (Å²) < 4.78 is 64.0. The maximum absolute atomic E-state index is 14.9. The van der Waals surface area contributed by atoms with Crippen LogP contribution in [-0.2, 0) is 0 Å². The lowest BCUT2D eigenvalue weighted by Crippen LogP contribution is -2.15. The normalized spacial score (nSPS) is 19.2. The summed E-state index contributed by atoms with van der Waals surface area (Å²) in [5.41, 5.74) is -0.265. The average molecular weight is 435 g/mol. The number of hydrogen-bond acceptors (Lipinski definition) is 1. The lowest BCUT2D eigenvalue weighted by molar-refractivity contribution is 0.299. The van der Waals surface area contributed by atoms with Gasteiger partial charge >= 0.3 is 0 Å². The van der Waals surface area contributed by atoms with Crippen LogP contribution in [0.15, 0.2) is 36.4 Å². The van der Waals surface area contributed by atoms with Crippen LogP contribution in [0, 0.1) is 29.2 Å². The Morgan fingerprint density at radius 3 is 2.16 bits per heavy atom. The van der Waals surface area contributed by atoms with Crippen LogP contribution in [0.4, 0.5) is 17.6 Å². The smallest absolute Gasteiger partial charge is 0.201 e. The van der Waals surface area contributed by atoms with Crippen molar-refractivity contribution in [2.75, 3.05) is 6.61 Å². The molecule has 1 fully saturated rings. The Balaban J connectivity index is 1.80. The lowest BCUT2D eigenvalue weighted by Gasteiger charge is -2.29. The Hall–Kier alpha value is -2.30. The largest absolute Gasteiger partial charge is 0.486 e. The van der Waals surface area contributed by atoms with Crippen molar-refractivity contribution in [2.24, 2.45) is 5.92 Å². The third-order valence-electron chi connectivity index (χ3n) is 6.27. The minimum atomic E-state index is -1.25. The molecule has 1 saturated carbocycles. The van der Waals surface area contributed by atoms with Crippen molar-refractivity contribution in [3.63, 3.8) is 0 Å². The Morgan fingerprint density at radius 2 is 1.52 bits per heavy atom. The van der Waals surface area contributed by atoms with Crippen molar-refractivity contribution >= 4 is 0 Å². The van der Waals surface area contributed by atoms with Gasteiger partial charge in [-0.15, -0.1) is 0 Å². The van der Waals surface area contributed by atoms with E-state index in [1.54, 1.807) is 19.1 Å². The van der Waals surface area contributed by atoms with Gasteiger partial charge in [0.05, 0.1) is 0 Å². The van der Waals surface area contributed by atoms with Crippen LogP contribution in [0.5, 0.6) is 5.75 Å². The molecule has 0 saturated heterocycles. The first kappa shape index (κ1) is 23.4. The van der Waals surface area contributed by atoms with E-state index < -0.39 is 23.3 Å². The molecule has 31 heavy (non-hydrogen) atoms. The number of allylic oxidation sites excluding steroid dienone is 1. The summed E-state index contributed by atoms with van der Waals surface area (Å²) in [6.45, 7) is 4.04. The molecule has 0 atom stereocenters. The fourth-order valence-electron chi connectivity index (χ4n) is 4.43. The van der Waals surface area contributed by atoms with E-state index in [2.05, 4.69) is 6.92 Å². The second kappa shape index (κ2) is 10.8. The molecular formula is C26H30F4O. The zero-order chi connectivity index (χ0) is 22.4. The second-order valence-corrected chi connectivity index (χ2v) is 8.31. The maximum Gasteiger partial charge on any atom is 0.201 e. The topological polar surface area (TPSA) is 9.23 Å². The van der Waals surface area contributed by atoms with Gasteiger partial charge in [0, 0.05) is 11.1 Å². The standard InChI is InChI=1S/C26H30F4O/c1-3-5-7-17-8-10-18(11-9-17)19-12-13-20(24(28)23(19)27)21-14-15-22(26(30)25(21)29)31-16-6-4-2/h4,6,12-15,17-18H,3,5,7-11,16H2,1-2H3/b6-4+. The molecule has 1 nitrogen and oxygen atoms in total. The number of ether oxygens (including phenoxy) is 1. The number of hydrogen-bond donors (Lipinski definition) is 0. The predicted molar refractivity (Wildman–Crippen MR) is 116 cm³/mol. The predicted octanol–water partition coefficient (Wildman–Crippen LogP) is 8.33. The molecule has 3 rings (SSSR count). The molecule has 0 unspecified atom stereocenters. The van der Waals surface area contributed by atoms with Gasteiger partial charge in [-0.25, -0.2) is 13.2 Å². The molecule has 0 aliphatic heterocycles. The molecule has 5 heteroatoms. The summed E-state index contributed by atoms with van der Waals surface area (Å²) in [7, 11) is 0. The first-order chi connectivity index (χ1) is 15.0. The summed E-state index contributed by atoms with van der Waals surface area (Å²) in [5.74, 6) is -4.19. The number of benzene rings is 2. The van der Waals surface area contributed by atoms with E-state index in [-0.39, 0.29) is 29.4 Å². The molecule has 0 heterocycles. The Labute approximate surface area is 182 Å². The van der Waals surface area contributed by atoms with E-state index in [4.69, 9.17) is 4.74 Å². The summed E-state index contributed by atoms with van der Waals surface area (Å²) in [5, 5.41) is 0. The molecule has 0 aromatic heterocycles. The number of unbranched alkanes of at least 4 members (excludes halogenated alkanes) is 1. The van der Waals surface area contributed by atoms with Crippen molar-refractivity contribution in [3.05, 3.63) is 65.2 Å². The van der Waals surface area contributed by atoms with Crippen LogP contribution in [0.3, 0.4) is 0 Å². The fourth-order valence-corrected chi connectivity index (χ4v) is 4.43. The summed E-state index contributed by atoms with van der Waals surface area (Å²) >= 11 is 0. The van der Waals surface area contributed by atoms with E-state index in [1.165, 1.54) is 43.5 Å². The van der Waals surface area contributed by atoms with Crippen molar-refractivity contribution < 1.29 is 22.3 Å². The molecule has 0 bridgehead atoms. The number of rotatable bonds is 8. The second-order valence-electron chi connectivity index (χ2n) is 8.31. The van der Waals surface area contributed by atoms with Crippen LogP contribution in [0.25, 0.3) is 11.1 Å². The minimum Gasteiger partial charge on any atom is -0.486 e. The molecule has 168 valence electrons. The molecule has 1 aliphatic carbocycles. The first-order valence-corrected chi connectivity index (χ1v) is 11.2. The molecule has 0 N–H and O–H groups in total. The maximum atomic E-state index is 14.9. The molecule has 0 amide bonds. The molecule has 1 aliphatic rings. The van der Waals surface area contributed by atoms with Gasteiger partial charge in [0.2, 0.25) is 5.82 Å². The van der Waals surface area contributed by atoms with Gasteiger partial charge in [-0.3, -0.25) is 0 Å². The molecule has 0 radical (unpaired) electrons. The highest BCUT2D eigenvalue weighted by Gasteiger charge is 2.27. The quantitative estimate of drug-likeness (QED) is 0.300. The van der Waals surface area contributed by atoms with Crippen molar-refractivity contribution in [1.82, 2.24) is 0 Å². The summed E-state index contributed by atoms with van der Waals surface area (Å²) in [4.78, 5) is 0. The highest BCUT2D eigenvalue weighted by atomic mass is 19.2. The zero-order valence-electron chi connectivity index (χ0n) is 18.2. The molecule has 2 aromatic carbocycles. The van der Waals surface area contributed by atoms with Crippen LogP contribution in [-0.4, -0.2) is 6.61 Å². The molecular weight excluding hydrogens is 404 g/mol. The van der Waals surface area contributed by atoms with Crippen molar-refractivity contribution in [3.8, 4) is 16.9 Å². The van der Waals surface area contributed by atoms with E-state index in [0.29, 0.717) is 11.5 Å². The van der Waals surface area contributed by atoms with Gasteiger partial charge in [-0.05, 0) is 62.1 Å². The van der Waals surface area contributed by atoms with Crippen LogP contribution >= 0.6 is 0 Å². The highest BCUT2D eigenvalue weighted by molar-refractivity contribution is 5.66. The Bertz CT molecular complexity index is 914. The minimum absolute atomic E-state index is 0.0367. The fraction of sp³-hybridized carbons (Fsp3) is 0.462. The highest BCUT2D eigenvalue weighted by Crippen LogP contribution is 2.41. The van der Waals surface area contributed by atoms with E-state index >= 15 is 0 Å². The van der Waals surface area contributed by atoms with Crippen LogP contribution in [0.1, 0.15) is 70.3 Å². The van der Waals surface area contributed by atoms with E-state index in [0.717, 1.165) is 25.7 Å². The Kier molecular flexibility index (Phi) is 8.16. The number of halogens is 4. The van der Waals surface area contributed by atoms with Crippen LogP contribution < -0.4 is 4.74 Å².